The zero-order valence-electron chi connectivity index (χ0n) is 23.6. The highest BCUT2D eigenvalue weighted by atomic mass is 28.4. The predicted octanol–water partition coefficient (Wildman–Crippen LogP) is 5.71. The van der Waals surface area contributed by atoms with E-state index in [1.165, 1.54) is 10.5 Å². The Bertz CT molecular complexity index is 1090. The van der Waals surface area contributed by atoms with Gasteiger partial charge in [-0.05, 0) is 60.5 Å². The number of rotatable bonds is 10. The van der Waals surface area contributed by atoms with Crippen LogP contribution >= 0.6 is 0 Å². The Labute approximate surface area is 228 Å². The minimum Gasteiger partial charge on any atom is -0.412 e. The van der Waals surface area contributed by atoms with Gasteiger partial charge in [-0.2, -0.15) is 0 Å². The van der Waals surface area contributed by atoms with Crippen molar-refractivity contribution >= 4 is 20.1 Å². The van der Waals surface area contributed by atoms with Crippen LogP contribution in [0, 0.1) is 11.8 Å². The van der Waals surface area contributed by atoms with Crippen molar-refractivity contribution in [2.75, 3.05) is 13.2 Å². The minimum absolute atomic E-state index is 0.0214. The van der Waals surface area contributed by atoms with Crippen LogP contribution in [-0.4, -0.2) is 61.6 Å². The second kappa shape index (κ2) is 11.4. The zero-order chi connectivity index (χ0) is 27.7. The summed E-state index contributed by atoms with van der Waals surface area (Å²) in [5.74, 6) is -0.0887. The zero-order valence-corrected chi connectivity index (χ0v) is 24.6. The molecule has 1 fully saturated rings. The lowest BCUT2D eigenvalue weighted by atomic mass is 9.83. The number of imide groups is 1. The summed E-state index contributed by atoms with van der Waals surface area (Å²) < 4.78 is 13.3. The van der Waals surface area contributed by atoms with Crippen molar-refractivity contribution in [3.63, 3.8) is 0 Å². The van der Waals surface area contributed by atoms with Crippen molar-refractivity contribution in [3.05, 3.63) is 71.3 Å². The Morgan fingerprint density at radius 1 is 0.974 bits per heavy atom. The number of carbonyl (C=O) groups is 2. The molecule has 0 spiro atoms. The molecule has 0 bridgehead atoms. The van der Waals surface area contributed by atoms with Crippen LogP contribution in [0.3, 0.4) is 0 Å². The van der Waals surface area contributed by atoms with Gasteiger partial charge in [-0.1, -0.05) is 70.2 Å². The van der Waals surface area contributed by atoms with Gasteiger partial charge < -0.3 is 14.3 Å². The molecular formula is C31H43NO5Si. The van der Waals surface area contributed by atoms with Gasteiger partial charge in [0.15, 0.2) is 8.32 Å². The Kier molecular flexibility index (Phi) is 8.62. The average Bonchev–Trinajstić information content (AvgIpc) is 3.30. The van der Waals surface area contributed by atoms with E-state index in [0.717, 1.165) is 12.8 Å². The lowest BCUT2D eigenvalue weighted by molar-refractivity contribution is -0.0240. The van der Waals surface area contributed by atoms with Crippen LogP contribution in [0.15, 0.2) is 54.6 Å². The fraction of sp³-hybridized carbons (Fsp3) is 0.548. The summed E-state index contributed by atoms with van der Waals surface area (Å²) in [5.41, 5.74) is 2.19. The van der Waals surface area contributed by atoms with Gasteiger partial charge in [0.1, 0.15) is 0 Å². The van der Waals surface area contributed by atoms with E-state index in [1.54, 1.807) is 24.3 Å². The SMILES string of the molecule is C[C@@H]1C(CCc2ccccc2)[C@H](CO)O[C@@H]1CC(CN1C(=O)c2ccccc2C1=O)O[Si](C)(C)C(C)(C)C. The lowest BCUT2D eigenvalue weighted by Gasteiger charge is -2.40. The Hall–Kier alpha value is -2.32. The van der Waals surface area contributed by atoms with E-state index in [1.807, 2.05) is 6.07 Å². The maximum atomic E-state index is 13.2. The van der Waals surface area contributed by atoms with Crippen LogP contribution in [0.5, 0.6) is 0 Å². The number of hydrogen-bond acceptors (Lipinski definition) is 5. The van der Waals surface area contributed by atoms with Gasteiger partial charge in [-0.15, -0.1) is 0 Å². The number of carbonyl (C=O) groups excluding carboxylic acids is 2. The summed E-state index contributed by atoms with van der Waals surface area (Å²) in [5, 5.41) is 10.1. The van der Waals surface area contributed by atoms with E-state index < -0.39 is 8.32 Å². The number of aliphatic hydroxyl groups is 1. The fourth-order valence-electron chi connectivity index (χ4n) is 5.56. The Morgan fingerprint density at radius 2 is 1.55 bits per heavy atom. The van der Waals surface area contributed by atoms with Gasteiger partial charge in [0.25, 0.3) is 11.8 Å². The summed E-state index contributed by atoms with van der Waals surface area (Å²) >= 11 is 0. The smallest absolute Gasteiger partial charge is 0.261 e. The van der Waals surface area contributed by atoms with E-state index in [-0.39, 0.29) is 60.2 Å². The molecule has 1 saturated heterocycles. The second-order valence-corrected chi connectivity index (χ2v) is 17.2. The number of fused-ring (bicyclic) bond motifs is 1. The molecule has 2 aliphatic rings. The molecule has 1 N–H and O–H groups in total. The summed E-state index contributed by atoms with van der Waals surface area (Å²) in [6.45, 7) is 13.3. The van der Waals surface area contributed by atoms with Crippen molar-refractivity contribution in [3.8, 4) is 0 Å². The predicted molar refractivity (Wildman–Crippen MR) is 152 cm³/mol. The molecule has 7 heteroatoms. The molecule has 2 amide bonds. The standard InChI is InChI=1S/C31H43NO5Si/c1-21-24(17-16-22-12-8-7-9-13-22)28(20-33)36-27(21)18-23(37-38(5,6)31(2,3)4)19-32-29(34)25-14-10-11-15-26(25)30(32)35/h7-15,21,23-24,27-28,33H,16-20H2,1-6H3/t21-,23?,24?,27-,28+/m1/s1. The highest BCUT2D eigenvalue weighted by Crippen LogP contribution is 2.41. The van der Waals surface area contributed by atoms with Crippen LogP contribution < -0.4 is 0 Å². The Morgan fingerprint density at radius 3 is 2.11 bits per heavy atom. The first kappa shape index (κ1) is 28.7. The van der Waals surface area contributed by atoms with Gasteiger partial charge in [-0.25, -0.2) is 0 Å². The van der Waals surface area contributed by atoms with Crippen molar-refractivity contribution < 1.29 is 23.9 Å². The lowest BCUT2D eigenvalue weighted by Crippen LogP contribution is -2.49. The van der Waals surface area contributed by atoms with Crippen molar-refractivity contribution in [1.29, 1.82) is 0 Å². The maximum absolute atomic E-state index is 13.2. The minimum atomic E-state index is -2.21. The molecule has 38 heavy (non-hydrogen) atoms. The van der Waals surface area contributed by atoms with Crippen molar-refractivity contribution in [2.45, 2.75) is 83.4 Å². The fourth-order valence-corrected chi connectivity index (χ4v) is 6.92. The van der Waals surface area contributed by atoms with Crippen LogP contribution in [0.4, 0.5) is 0 Å². The number of benzene rings is 2. The van der Waals surface area contributed by atoms with E-state index in [2.05, 4.69) is 65.1 Å². The molecule has 2 aromatic carbocycles. The topological polar surface area (TPSA) is 76.1 Å². The van der Waals surface area contributed by atoms with E-state index >= 15 is 0 Å². The van der Waals surface area contributed by atoms with Crippen molar-refractivity contribution in [2.24, 2.45) is 11.8 Å². The average molecular weight is 538 g/mol. The third kappa shape index (κ3) is 5.96. The van der Waals surface area contributed by atoms with Gasteiger partial charge in [0, 0.05) is 6.42 Å². The number of ether oxygens (including phenoxy) is 1. The highest BCUT2D eigenvalue weighted by molar-refractivity contribution is 6.74. The molecule has 0 saturated carbocycles. The van der Waals surface area contributed by atoms with E-state index in [4.69, 9.17) is 9.16 Å². The quantitative estimate of drug-likeness (QED) is 0.310. The third-order valence-electron chi connectivity index (χ3n) is 8.91. The van der Waals surface area contributed by atoms with Crippen LogP contribution in [-0.2, 0) is 15.6 Å². The van der Waals surface area contributed by atoms with Crippen LogP contribution in [0.25, 0.3) is 0 Å². The van der Waals surface area contributed by atoms with E-state index in [9.17, 15) is 14.7 Å². The first-order chi connectivity index (χ1) is 17.9. The van der Waals surface area contributed by atoms with Gasteiger partial charge in [0.2, 0.25) is 0 Å². The summed E-state index contributed by atoms with van der Waals surface area (Å²) in [4.78, 5) is 27.7. The molecular weight excluding hydrogens is 494 g/mol. The maximum Gasteiger partial charge on any atom is 0.261 e. The summed E-state index contributed by atoms with van der Waals surface area (Å²) in [6.07, 6.45) is 1.72. The highest BCUT2D eigenvalue weighted by Gasteiger charge is 2.46. The number of aryl methyl sites for hydroxylation is 1. The largest absolute Gasteiger partial charge is 0.412 e. The molecule has 2 aromatic rings. The number of aliphatic hydroxyl groups excluding tert-OH is 1. The monoisotopic (exact) mass is 537 g/mol. The molecule has 0 radical (unpaired) electrons. The van der Waals surface area contributed by atoms with Crippen LogP contribution in [0.1, 0.15) is 66.8 Å². The first-order valence-electron chi connectivity index (χ1n) is 13.9. The molecule has 206 valence electrons. The number of nitrogens with zero attached hydrogens (tertiary/aromatic N) is 1. The Balaban J connectivity index is 1.52. The molecule has 0 aliphatic carbocycles. The molecule has 4 rings (SSSR count). The number of amides is 2. The van der Waals surface area contributed by atoms with Gasteiger partial charge >= 0.3 is 0 Å². The summed E-state index contributed by atoms with van der Waals surface area (Å²) in [7, 11) is -2.21. The van der Waals surface area contributed by atoms with Crippen molar-refractivity contribution in [1.82, 2.24) is 4.90 Å². The first-order valence-corrected chi connectivity index (χ1v) is 16.8. The molecule has 6 nitrogen and oxygen atoms in total. The van der Waals surface area contributed by atoms with Gasteiger partial charge in [0.05, 0.1) is 42.6 Å². The normalized spacial score (nSPS) is 24.7. The molecule has 0 aromatic heterocycles. The molecule has 2 aliphatic heterocycles. The van der Waals surface area contributed by atoms with Gasteiger partial charge in [-0.3, -0.25) is 14.5 Å². The molecule has 2 heterocycles. The third-order valence-corrected chi connectivity index (χ3v) is 13.4. The molecule has 5 atom stereocenters. The molecule has 2 unspecified atom stereocenters. The van der Waals surface area contributed by atoms with Crippen LogP contribution in [0.2, 0.25) is 18.1 Å². The number of hydrogen-bond donors (Lipinski definition) is 1. The van der Waals surface area contributed by atoms with E-state index in [0.29, 0.717) is 17.5 Å². The summed E-state index contributed by atoms with van der Waals surface area (Å²) in [6, 6.07) is 17.4. The second-order valence-electron chi connectivity index (χ2n) is 12.4.